The molecule has 15 atom stereocenters. The summed E-state index contributed by atoms with van der Waals surface area (Å²) >= 11 is 0. The number of hydrogen-bond donors (Lipinski definition) is 13. The topological polar surface area (TPSA) is 378 Å². The highest BCUT2D eigenvalue weighted by Gasteiger charge is 2.50. The van der Waals surface area contributed by atoms with E-state index in [2.05, 4.69) is 33.4 Å². The molecule has 4 aromatic carbocycles. The number of carbonyl (C=O) groups is 6. The first-order valence-electron chi connectivity index (χ1n) is 27.3. The van der Waals surface area contributed by atoms with Gasteiger partial charge >= 0.3 is 0 Å². The molecular formula is C58H75N7O17. The quantitative estimate of drug-likeness (QED) is 0.0234. The highest BCUT2D eigenvalue weighted by Crippen LogP contribution is 2.30. The van der Waals surface area contributed by atoms with E-state index in [4.69, 9.17) is 4.74 Å². The zero-order valence-electron chi connectivity index (χ0n) is 46.2. The van der Waals surface area contributed by atoms with Crippen LogP contribution in [0.25, 0.3) is 22.3 Å². The molecule has 2 aliphatic rings. The molecule has 6 amide bonds. The average molecular weight is 1140 g/mol. The van der Waals surface area contributed by atoms with Crippen molar-refractivity contribution in [2.45, 2.75) is 152 Å². The van der Waals surface area contributed by atoms with E-state index in [1.54, 1.807) is 31.2 Å². The van der Waals surface area contributed by atoms with Crippen molar-refractivity contribution < 1.29 is 79.5 Å². The second-order valence-electron chi connectivity index (χ2n) is 21.2. The van der Waals surface area contributed by atoms with Crippen molar-refractivity contribution in [1.29, 1.82) is 0 Å². The standard InChI is InChI=1S/C58H75N7O17/c1-6-7-8-25-82-42-23-19-37(20-24-42)35-11-9-34(10-12-35)36-13-15-39(16-14-36)52(74)59-31(3)26-44(70)54(76)62-56(78)48-49(71)30(2)28-65(48)57(79)45(32(4)66)60-55(77)47(51(73)50(72)38-17-21-40(68)22-18-38)61-53(75)43-27-41(69)29-64(43)58(80)46(63-81)33(5)67/h9-24,30-33,41,43-51,54,66-73,76H,6-8,25-29H2,1-5H3,(H,59,74)(H,60,77)(H,61,75)(H,62,78)/t30-,31+,32+,33+,41+,43-,44+,45-,46-,47-,48-,49-,50-,51-,54+/m0/s1. The number of aliphatic hydroxyl groups is 8. The summed E-state index contributed by atoms with van der Waals surface area (Å²) in [6, 6.07) is 17.1. The van der Waals surface area contributed by atoms with Gasteiger partial charge in [-0.1, -0.05) is 92.5 Å². The minimum Gasteiger partial charge on any atom is -0.508 e. The Morgan fingerprint density at radius 2 is 1.24 bits per heavy atom. The smallest absolute Gasteiger partial charge is 0.254 e. The zero-order valence-corrected chi connectivity index (χ0v) is 46.2. The number of nitrogens with zero attached hydrogens (tertiary/aromatic N) is 3. The van der Waals surface area contributed by atoms with Crippen LogP contribution in [-0.2, 0) is 24.0 Å². The molecule has 24 heteroatoms. The molecule has 0 aromatic heterocycles. The van der Waals surface area contributed by atoms with Crippen LogP contribution in [0.5, 0.6) is 11.5 Å². The maximum atomic E-state index is 14.4. The van der Waals surface area contributed by atoms with Gasteiger partial charge in [0, 0.05) is 37.0 Å². The molecule has 82 heavy (non-hydrogen) atoms. The van der Waals surface area contributed by atoms with Gasteiger partial charge in [-0.2, -0.15) is 0 Å². The second-order valence-corrected chi connectivity index (χ2v) is 21.2. The Kier molecular flexibility index (Phi) is 22.6. The molecule has 0 bridgehead atoms. The number of likely N-dealkylation sites (tertiary alicyclic amines) is 2. The molecule has 0 radical (unpaired) electrons. The first-order chi connectivity index (χ1) is 38.9. The number of hydrogen-bond acceptors (Lipinski definition) is 18. The summed E-state index contributed by atoms with van der Waals surface area (Å²) < 4.78 is 5.83. The molecule has 2 aliphatic heterocycles. The van der Waals surface area contributed by atoms with Crippen LogP contribution < -0.4 is 26.0 Å². The summed E-state index contributed by atoms with van der Waals surface area (Å²) in [5.41, 5.74) is 4.07. The van der Waals surface area contributed by atoms with Crippen molar-refractivity contribution in [1.82, 2.24) is 31.1 Å². The van der Waals surface area contributed by atoms with E-state index >= 15 is 0 Å². The monoisotopic (exact) mass is 1140 g/mol. The van der Waals surface area contributed by atoms with Crippen molar-refractivity contribution in [3.05, 3.63) is 113 Å². The Labute approximate surface area is 474 Å². The fraction of sp³-hybridized carbons (Fsp3) is 0.483. The maximum Gasteiger partial charge on any atom is 0.254 e. The van der Waals surface area contributed by atoms with Crippen LogP contribution in [0, 0.1) is 10.8 Å². The number of β-amino-alcohol motifs (C(OH)–C–C–N with tert-alkyl or cyclic N) is 1. The largest absolute Gasteiger partial charge is 0.508 e. The maximum absolute atomic E-state index is 14.4. The van der Waals surface area contributed by atoms with E-state index in [1.165, 1.54) is 19.1 Å². The average Bonchev–Trinajstić information content (AvgIpc) is 4.20. The highest BCUT2D eigenvalue weighted by atomic mass is 16.5. The van der Waals surface area contributed by atoms with E-state index in [0.717, 1.165) is 83.0 Å². The summed E-state index contributed by atoms with van der Waals surface area (Å²) in [6.45, 7) is 7.18. The number of phenolic OH excluding ortho intramolecular Hbond substituents is 1. The van der Waals surface area contributed by atoms with Gasteiger partial charge < -0.3 is 81.8 Å². The molecule has 0 unspecified atom stereocenters. The summed E-state index contributed by atoms with van der Waals surface area (Å²) in [5, 5.41) is 109. The third-order valence-corrected chi connectivity index (χ3v) is 14.7. The molecule has 2 heterocycles. The first kappa shape index (κ1) is 63.8. The Bertz CT molecular complexity index is 2810. The molecule has 2 saturated heterocycles. The summed E-state index contributed by atoms with van der Waals surface area (Å²) in [6.07, 6.45) is -11.8. The fourth-order valence-corrected chi connectivity index (χ4v) is 9.92. The number of carbonyl (C=O) groups excluding carboxylic acids is 6. The van der Waals surface area contributed by atoms with E-state index < -0.39 is 140 Å². The third-order valence-electron chi connectivity index (χ3n) is 14.7. The predicted octanol–water partition coefficient (Wildman–Crippen LogP) is 0.729. The van der Waals surface area contributed by atoms with E-state index in [9.17, 15) is 79.6 Å². The number of aromatic hydroxyl groups is 1. The summed E-state index contributed by atoms with van der Waals surface area (Å²) in [4.78, 5) is 96.0. The number of phenols is 1. The molecule has 0 saturated carbocycles. The Morgan fingerprint density at radius 3 is 1.79 bits per heavy atom. The van der Waals surface area contributed by atoms with Gasteiger partial charge in [0.15, 0.2) is 12.3 Å². The van der Waals surface area contributed by atoms with Crippen LogP contribution in [0.2, 0.25) is 0 Å². The van der Waals surface area contributed by atoms with Gasteiger partial charge in [-0.25, -0.2) is 0 Å². The number of nitroso groups, excluding NO2 is 1. The van der Waals surface area contributed by atoms with Crippen molar-refractivity contribution >= 4 is 35.4 Å². The zero-order chi connectivity index (χ0) is 60.1. The van der Waals surface area contributed by atoms with E-state index in [0.29, 0.717) is 12.2 Å². The number of unbranched alkanes of at least 4 members (excludes halogenated alkanes) is 2. The van der Waals surface area contributed by atoms with E-state index in [1.807, 2.05) is 48.5 Å². The van der Waals surface area contributed by atoms with E-state index in [-0.39, 0.29) is 24.3 Å². The van der Waals surface area contributed by atoms with Gasteiger partial charge in [-0.3, -0.25) is 28.8 Å². The minimum absolute atomic E-state index is 0.0760. The number of rotatable bonds is 26. The van der Waals surface area contributed by atoms with Crippen LogP contribution in [0.1, 0.15) is 88.7 Å². The SMILES string of the molecule is CCCCCOc1ccc(-c2ccc(-c3ccc(C(=O)N[C@H](C)C[C@@H](O)[C@@H](O)NC(=O)[C@@H]4[C@@H](O)[C@@H](C)CN4C(=O)[C@@H](NC(=O)[C@@H](NC(=O)[C@@H]4C[C@@H](O)CN4C(=O)[C@@H](N=O)[C@@H](C)O)[C@H](O)[C@@H](O)c4ccc(O)cc4)[C@@H](C)O)cc3)cc2)cc1. The number of benzene rings is 4. The molecule has 4 aromatic rings. The molecule has 24 nitrogen and oxygen atoms in total. The number of nitrogens with one attached hydrogen (secondary N) is 4. The van der Waals surface area contributed by atoms with Gasteiger partial charge in [0.1, 0.15) is 54.0 Å². The molecular weight excluding hydrogens is 1070 g/mol. The van der Waals surface area contributed by atoms with Gasteiger partial charge in [0.2, 0.25) is 23.6 Å². The first-order valence-corrected chi connectivity index (χ1v) is 27.3. The Balaban J connectivity index is 1.08. The number of ether oxygens (including phenoxy) is 1. The number of aliphatic hydroxyl groups excluding tert-OH is 8. The lowest BCUT2D eigenvalue weighted by Crippen LogP contribution is -2.64. The summed E-state index contributed by atoms with van der Waals surface area (Å²) in [7, 11) is 0. The van der Waals surface area contributed by atoms with Crippen LogP contribution >= 0.6 is 0 Å². The van der Waals surface area contributed by atoms with Gasteiger partial charge in [-0.05, 0) is 97.8 Å². The third kappa shape index (κ3) is 16.0. The molecule has 6 rings (SSSR count). The number of amides is 6. The molecule has 0 aliphatic carbocycles. The van der Waals surface area contributed by atoms with Crippen molar-refractivity contribution in [2.75, 3.05) is 19.7 Å². The van der Waals surface area contributed by atoms with Crippen LogP contribution in [0.3, 0.4) is 0 Å². The normalized spacial score (nSPS) is 21.5. The van der Waals surface area contributed by atoms with Crippen molar-refractivity contribution in [2.24, 2.45) is 11.1 Å². The molecule has 0 spiro atoms. The van der Waals surface area contributed by atoms with Crippen LogP contribution in [-0.4, -0.2) is 190 Å². The summed E-state index contributed by atoms with van der Waals surface area (Å²) in [5.74, 6) is -6.83. The van der Waals surface area contributed by atoms with Crippen LogP contribution in [0.15, 0.2) is 102 Å². The van der Waals surface area contributed by atoms with Gasteiger partial charge in [0.05, 0.1) is 31.0 Å². The molecule has 444 valence electrons. The Hall–Kier alpha value is -7.42. The van der Waals surface area contributed by atoms with Crippen LogP contribution in [0.4, 0.5) is 0 Å². The lowest BCUT2D eigenvalue weighted by molar-refractivity contribution is -0.148. The lowest BCUT2D eigenvalue weighted by Gasteiger charge is -2.34. The fourth-order valence-electron chi connectivity index (χ4n) is 9.92. The molecule has 13 N–H and O–H groups in total. The molecule has 2 fully saturated rings. The van der Waals surface area contributed by atoms with Crippen molar-refractivity contribution in [3.8, 4) is 33.8 Å². The van der Waals surface area contributed by atoms with Gasteiger partial charge in [-0.15, -0.1) is 4.91 Å². The van der Waals surface area contributed by atoms with Gasteiger partial charge in [0.25, 0.3) is 11.8 Å². The Morgan fingerprint density at radius 1 is 0.671 bits per heavy atom. The minimum atomic E-state index is -2.29. The lowest BCUT2D eigenvalue weighted by atomic mass is 9.96. The second kappa shape index (κ2) is 29.0. The highest BCUT2D eigenvalue weighted by molar-refractivity contribution is 5.97. The van der Waals surface area contributed by atoms with Crippen molar-refractivity contribution in [3.63, 3.8) is 0 Å². The predicted molar refractivity (Wildman–Crippen MR) is 297 cm³/mol.